The molecule has 0 fully saturated rings. The number of thiophene rings is 1. The lowest BCUT2D eigenvalue weighted by Gasteiger charge is -2.20. The van der Waals surface area contributed by atoms with Gasteiger partial charge in [0.1, 0.15) is 0 Å². The van der Waals surface area contributed by atoms with Crippen LogP contribution >= 0.6 is 11.3 Å². The van der Waals surface area contributed by atoms with E-state index < -0.39 is 0 Å². The molecule has 1 heterocycles. The van der Waals surface area contributed by atoms with Gasteiger partial charge in [-0.25, -0.2) is 0 Å². The van der Waals surface area contributed by atoms with Gasteiger partial charge < -0.3 is 0 Å². The zero-order valence-corrected chi connectivity index (χ0v) is 41.2. The van der Waals surface area contributed by atoms with Crippen LogP contribution in [0.5, 0.6) is 0 Å². The standard InChI is InChI=1S/C74H38S/c1-3-15-39(16-4-1)61-45-22-9-10-23-46(45)62(40-17-5-2-6-18-40)71-54-33-29-50-52-31-35-56-68-55(34-30-51(66(52)68)49-28-32-53(70(61)71)67(54)65(49)50)72-63(42-27-36-60-57(38-42)44-21-13-14-26-59(44)75-60)58-37-41-19-7-8-20-43(41)64-47-24-11-12-25-48(47)69(73(56)72)74(58)64/h1-38H. The number of hydrogen-bond donors (Lipinski definition) is 0. The molecule has 1 aromatic heterocycles. The van der Waals surface area contributed by atoms with E-state index in [0.717, 1.165) is 0 Å². The predicted molar refractivity (Wildman–Crippen MR) is 326 cm³/mol. The van der Waals surface area contributed by atoms with Gasteiger partial charge in [0, 0.05) is 20.2 Å². The molecule has 18 aromatic rings. The lowest BCUT2D eigenvalue weighted by molar-refractivity contribution is 1.62. The summed E-state index contributed by atoms with van der Waals surface area (Å²) >= 11 is 1.89. The van der Waals surface area contributed by atoms with Gasteiger partial charge in [0.15, 0.2) is 0 Å². The smallest absolute Gasteiger partial charge is 0.0355 e. The zero-order valence-electron chi connectivity index (χ0n) is 40.3. The summed E-state index contributed by atoms with van der Waals surface area (Å²) in [6.07, 6.45) is 0. The van der Waals surface area contributed by atoms with E-state index in [9.17, 15) is 0 Å². The highest BCUT2D eigenvalue weighted by Gasteiger charge is 2.33. The first kappa shape index (κ1) is 39.2. The van der Waals surface area contributed by atoms with Crippen molar-refractivity contribution in [3.8, 4) is 55.6 Å². The van der Waals surface area contributed by atoms with Crippen LogP contribution in [0.3, 0.4) is 0 Å². The Morgan fingerprint density at radius 1 is 0.187 bits per heavy atom. The summed E-state index contributed by atoms with van der Waals surface area (Å²) in [5.41, 5.74) is 13.0. The molecule has 0 atom stereocenters. The molecule has 0 aliphatic heterocycles. The van der Waals surface area contributed by atoms with Gasteiger partial charge in [0.2, 0.25) is 0 Å². The van der Waals surface area contributed by atoms with Crippen LogP contribution < -0.4 is 0 Å². The molecule has 0 nitrogen and oxygen atoms in total. The number of rotatable bonds is 3. The van der Waals surface area contributed by atoms with E-state index in [1.807, 2.05) is 11.3 Å². The summed E-state index contributed by atoms with van der Waals surface area (Å²) in [4.78, 5) is 0. The fourth-order valence-corrected chi connectivity index (χ4v) is 16.1. The summed E-state index contributed by atoms with van der Waals surface area (Å²) < 4.78 is 2.66. The Balaban J connectivity index is 0.985. The molecule has 19 rings (SSSR count). The van der Waals surface area contributed by atoms with Crippen molar-refractivity contribution in [3.05, 3.63) is 231 Å². The zero-order chi connectivity index (χ0) is 48.4. The topological polar surface area (TPSA) is 0 Å². The summed E-state index contributed by atoms with van der Waals surface area (Å²) in [6, 6.07) is 88.1. The Kier molecular flexibility index (Phi) is 7.21. The first-order valence-corrected chi connectivity index (χ1v) is 27.1. The van der Waals surface area contributed by atoms with E-state index in [-0.39, 0.29) is 0 Å². The number of hydrogen-bond acceptors (Lipinski definition) is 1. The second-order valence-electron chi connectivity index (χ2n) is 21.2. The molecule has 0 saturated carbocycles. The largest absolute Gasteiger partial charge is 0.135 e. The first-order chi connectivity index (χ1) is 37.3. The summed E-state index contributed by atoms with van der Waals surface area (Å²) in [5.74, 6) is 0. The Bertz CT molecular complexity index is 5420. The highest BCUT2D eigenvalue weighted by molar-refractivity contribution is 7.25. The molecule has 0 N–H and O–H groups in total. The van der Waals surface area contributed by atoms with Crippen LogP contribution in [0.1, 0.15) is 0 Å². The van der Waals surface area contributed by atoms with Crippen LogP contribution in [0.4, 0.5) is 0 Å². The molecule has 1 aliphatic carbocycles. The maximum atomic E-state index is 2.51. The summed E-state index contributed by atoms with van der Waals surface area (Å²) in [6.45, 7) is 0. The molecule has 0 unspecified atom stereocenters. The minimum atomic E-state index is 1.25. The molecule has 17 aromatic carbocycles. The summed E-state index contributed by atoms with van der Waals surface area (Å²) in [5, 5.41) is 32.1. The monoisotopic (exact) mass is 958 g/mol. The number of fused-ring (bicyclic) bond motifs is 18. The third kappa shape index (κ3) is 4.72. The SMILES string of the molecule is c1ccc(-c2c3c(c(-c4ccccc4)c4ccccc24)-c2ccc4c5ccc6c7c(ccc(c8ccc-3c2c84)c57)c2c(-c3ccc4sc5ccccc5c4c3)c3cc4ccccc4c4c5ccccc5c(c62)c34)cc1. The highest BCUT2D eigenvalue weighted by Crippen LogP contribution is 2.61. The molecule has 340 valence electrons. The van der Waals surface area contributed by atoms with E-state index in [1.165, 1.54) is 194 Å². The molecular formula is C74H38S. The van der Waals surface area contributed by atoms with Crippen LogP contribution in [0.2, 0.25) is 0 Å². The van der Waals surface area contributed by atoms with Crippen molar-refractivity contribution in [2.45, 2.75) is 0 Å². The van der Waals surface area contributed by atoms with Gasteiger partial charge in [-0.2, -0.15) is 0 Å². The van der Waals surface area contributed by atoms with Crippen LogP contribution in [0.15, 0.2) is 231 Å². The quantitative estimate of drug-likeness (QED) is 0.122. The fraction of sp³-hybridized carbons (Fsp3) is 0. The van der Waals surface area contributed by atoms with Gasteiger partial charge in [0.05, 0.1) is 0 Å². The van der Waals surface area contributed by atoms with Gasteiger partial charge in [-0.15, -0.1) is 11.3 Å². The van der Waals surface area contributed by atoms with Crippen molar-refractivity contribution in [2.24, 2.45) is 0 Å². The normalized spacial score (nSPS) is 12.8. The van der Waals surface area contributed by atoms with Gasteiger partial charge in [-0.1, -0.05) is 206 Å². The molecule has 0 amide bonds. The van der Waals surface area contributed by atoms with Crippen LogP contribution in [0, 0.1) is 0 Å². The molecule has 0 bridgehead atoms. The average Bonchev–Trinajstić information content (AvgIpc) is 4.25. The van der Waals surface area contributed by atoms with Crippen LogP contribution in [-0.4, -0.2) is 0 Å². The lowest BCUT2D eigenvalue weighted by Crippen LogP contribution is -1.93. The molecule has 75 heavy (non-hydrogen) atoms. The van der Waals surface area contributed by atoms with E-state index in [2.05, 4.69) is 231 Å². The maximum absolute atomic E-state index is 2.51. The van der Waals surface area contributed by atoms with Crippen molar-refractivity contribution in [3.63, 3.8) is 0 Å². The highest BCUT2D eigenvalue weighted by atomic mass is 32.1. The Morgan fingerprint density at radius 2 is 0.613 bits per heavy atom. The van der Waals surface area contributed by atoms with Crippen molar-refractivity contribution < 1.29 is 0 Å². The molecular weight excluding hydrogens is 921 g/mol. The second-order valence-corrected chi connectivity index (χ2v) is 22.3. The molecule has 0 saturated heterocycles. The van der Waals surface area contributed by atoms with Crippen molar-refractivity contribution in [1.29, 1.82) is 0 Å². The second kappa shape index (κ2) is 13.8. The van der Waals surface area contributed by atoms with Gasteiger partial charge >= 0.3 is 0 Å². The summed E-state index contributed by atoms with van der Waals surface area (Å²) in [7, 11) is 0. The van der Waals surface area contributed by atoms with E-state index >= 15 is 0 Å². The lowest BCUT2D eigenvalue weighted by atomic mass is 9.82. The average molecular weight is 959 g/mol. The fourth-order valence-electron chi connectivity index (χ4n) is 15.0. The van der Waals surface area contributed by atoms with E-state index in [0.29, 0.717) is 0 Å². The maximum Gasteiger partial charge on any atom is 0.0355 e. The third-order valence-corrected chi connectivity index (χ3v) is 18.9. The Morgan fingerprint density at radius 3 is 1.27 bits per heavy atom. The Hall–Kier alpha value is -9.40. The van der Waals surface area contributed by atoms with Gasteiger partial charge in [-0.05, 0) is 198 Å². The van der Waals surface area contributed by atoms with E-state index in [4.69, 9.17) is 0 Å². The minimum Gasteiger partial charge on any atom is -0.135 e. The molecule has 1 heteroatoms. The van der Waals surface area contributed by atoms with Gasteiger partial charge in [-0.3, -0.25) is 0 Å². The van der Waals surface area contributed by atoms with Crippen molar-refractivity contribution >= 4 is 150 Å². The van der Waals surface area contributed by atoms with Crippen molar-refractivity contribution in [1.82, 2.24) is 0 Å². The predicted octanol–water partition coefficient (Wildman–Crippen LogP) is 21.7. The van der Waals surface area contributed by atoms with E-state index in [1.54, 1.807) is 0 Å². The number of benzene rings is 15. The van der Waals surface area contributed by atoms with Crippen LogP contribution in [-0.2, 0) is 0 Å². The third-order valence-electron chi connectivity index (χ3n) is 17.8. The van der Waals surface area contributed by atoms with Crippen molar-refractivity contribution in [2.75, 3.05) is 0 Å². The Labute approximate surface area is 433 Å². The molecule has 0 spiro atoms. The minimum absolute atomic E-state index is 1.25. The first-order valence-electron chi connectivity index (χ1n) is 26.2. The molecule has 1 aliphatic rings. The van der Waals surface area contributed by atoms with Gasteiger partial charge in [0.25, 0.3) is 0 Å². The van der Waals surface area contributed by atoms with Crippen LogP contribution in [0.25, 0.3) is 194 Å². The molecule has 0 radical (unpaired) electrons.